The summed E-state index contributed by atoms with van der Waals surface area (Å²) in [5.41, 5.74) is 1.29. The number of halogens is 1. The molecule has 0 fully saturated rings. The summed E-state index contributed by atoms with van der Waals surface area (Å²) in [4.78, 5) is 13.3. The monoisotopic (exact) mass is 492 g/mol. The molecule has 1 N–H and O–H groups in total. The smallest absolute Gasteiger partial charge is 0.368 e. The van der Waals surface area contributed by atoms with Crippen molar-refractivity contribution in [1.29, 1.82) is 0 Å². The molecule has 0 saturated carbocycles. The first-order chi connectivity index (χ1) is 15.7. The van der Waals surface area contributed by atoms with Gasteiger partial charge in [0.25, 0.3) is 0 Å². The number of hydrogen-bond donors (Lipinski definition) is 1. The minimum atomic E-state index is -3.94. The fraction of sp³-hybridized carbons (Fsp3) is 0.261. The number of fused-ring (bicyclic) bond motifs is 1. The number of hydrogen-bond acceptors (Lipinski definition) is 6. The van der Waals surface area contributed by atoms with Crippen LogP contribution in [-0.2, 0) is 14.8 Å². The third-order valence-electron chi connectivity index (χ3n) is 5.31. The highest BCUT2D eigenvalue weighted by Gasteiger charge is 2.37. The standard InChI is InChI=1S/C23H25FN2O5S2/c1-4-5-9-17-14-26(16-10-7-6-8-11-16)19-12-21(32-3)20(31-15-18(24)23(27)28)13-22(19)33(29,30)25(17)2/h4-8,10-13,15,17H,9,14H2,1-3H3,(H,27,28)/b5-4+,18-15-. The summed E-state index contributed by atoms with van der Waals surface area (Å²) in [5.74, 6) is -3.21. The van der Waals surface area contributed by atoms with Crippen molar-refractivity contribution in [3.05, 3.63) is 66.7 Å². The van der Waals surface area contributed by atoms with Gasteiger partial charge in [-0.2, -0.15) is 8.70 Å². The second-order valence-electron chi connectivity index (χ2n) is 7.29. The number of ether oxygens (including phenoxy) is 1. The SMILES string of the molecule is C/C=C/CC1CN(c2ccccc2)c2cc(SC)c(O/C=C(\F)C(=O)O)cc2S(=O)(=O)N1C. The first-order valence-corrected chi connectivity index (χ1v) is 12.8. The molecule has 0 saturated heterocycles. The van der Waals surface area contributed by atoms with Crippen molar-refractivity contribution in [3.63, 3.8) is 0 Å². The minimum absolute atomic E-state index is 0.00577. The minimum Gasteiger partial charge on any atom is -0.476 e. The van der Waals surface area contributed by atoms with Crippen molar-refractivity contribution in [3.8, 4) is 5.75 Å². The van der Waals surface area contributed by atoms with Crippen molar-refractivity contribution in [2.24, 2.45) is 0 Å². The maximum Gasteiger partial charge on any atom is 0.368 e. The number of carboxylic acids is 1. The topological polar surface area (TPSA) is 87.1 Å². The molecule has 2 aromatic rings. The van der Waals surface area contributed by atoms with Crippen molar-refractivity contribution >= 4 is 39.1 Å². The van der Waals surface area contributed by atoms with Gasteiger partial charge in [0.05, 0.1) is 10.6 Å². The molecule has 10 heteroatoms. The van der Waals surface area contributed by atoms with Crippen molar-refractivity contribution < 1.29 is 27.4 Å². The summed E-state index contributed by atoms with van der Waals surface area (Å²) in [6, 6.07) is 12.1. The first-order valence-electron chi connectivity index (χ1n) is 10.1. The lowest BCUT2D eigenvalue weighted by atomic mass is 10.1. The van der Waals surface area contributed by atoms with E-state index in [0.29, 0.717) is 29.8 Å². The number of rotatable bonds is 7. The number of sulfonamides is 1. The van der Waals surface area contributed by atoms with Crippen molar-refractivity contribution in [2.75, 3.05) is 24.7 Å². The zero-order chi connectivity index (χ0) is 24.2. The van der Waals surface area contributed by atoms with Gasteiger partial charge in [0.15, 0.2) is 0 Å². The Bertz CT molecular complexity index is 1180. The van der Waals surface area contributed by atoms with Gasteiger partial charge >= 0.3 is 5.97 Å². The molecule has 1 aliphatic heterocycles. The molecule has 0 amide bonds. The maximum atomic E-state index is 13.6. The van der Waals surface area contributed by atoms with Gasteiger partial charge < -0.3 is 14.7 Å². The van der Waals surface area contributed by atoms with Gasteiger partial charge in [0.2, 0.25) is 15.9 Å². The molecular weight excluding hydrogens is 467 g/mol. The zero-order valence-electron chi connectivity index (χ0n) is 18.4. The van der Waals surface area contributed by atoms with Gasteiger partial charge in [-0.1, -0.05) is 30.4 Å². The van der Waals surface area contributed by atoms with Gasteiger partial charge in [-0.15, -0.1) is 11.8 Å². The molecule has 0 spiro atoms. The second kappa shape index (κ2) is 10.4. The summed E-state index contributed by atoms with van der Waals surface area (Å²) in [6.07, 6.45) is 6.56. The molecule has 1 unspecified atom stereocenters. The predicted molar refractivity (Wildman–Crippen MR) is 127 cm³/mol. The lowest BCUT2D eigenvalue weighted by molar-refractivity contribution is -0.134. The van der Waals surface area contributed by atoms with Crippen LogP contribution >= 0.6 is 11.8 Å². The number of carboxylic acid groups (broad SMARTS) is 1. The Morgan fingerprint density at radius 2 is 2.00 bits per heavy atom. The molecule has 0 aliphatic carbocycles. The number of anilines is 2. The van der Waals surface area contributed by atoms with Crippen molar-refractivity contribution in [2.45, 2.75) is 29.2 Å². The van der Waals surface area contributed by atoms with Gasteiger partial charge in [-0.3, -0.25) is 0 Å². The Kier molecular flexibility index (Phi) is 7.83. The predicted octanol–water partition coefficient (Wildman–Crippen LogP) is 4.79. The van der Waals surface area contributed by atoms with Gasteiger partial charge in [-0.05, 0) is 37.8 Å². The van der Waals surface area contributed by atoms with Crippen LogP contribution in [0.4, 0.5) is 15.8 Å². The number of carbonyl (C=O) groups is 1. The molecule has 176 valence electrons. The van der Waals surface area contributed by atoms with Crippen LogP contribution in [-0.4, -0.2) is 49.7 Å². The number of para-hydroxylation sites is 1. The van der Waals surface area contributed by atoms with E-state index in [-0.39, 0.29) is 16.7 Å². The highest BCUT2D eigenvalue weighted by atomic mass is 32.2. The highest BCUT2D eigenvalue weighted by molar-refractivity contribution is 7.98. The summed E-state index contributed by atoms with van der Waals surface area (Å²) in [5, 5.41) is 8.75. The van der Waals surface area contributed by atoms with Gasteiger partial charge in [0.1, 0.15) is 16.9 Å². The largest absolute Gasteiger partial charge is 0.476 e. The molecule has 1 aliphatic rings. The quantitative estimate of drug-likeness (QED) is 0.257. The van der Waals surface area contributed by atoms with Crippen molar-refractivity contribution in [1.82, 2.24) is 4.31 Å². The molecule has 2 aromatic carbocycles. The van der Waals surface area contributed by atoms with E-state index in [2.05, 4.69) is 0 Å². The molecule has 0 radical (unpaired) electrons. The van der Waals surface area contributed by atoms with E-state index in [9.17, 15) is 17.6 Å². The molecule has 7 nitrogen and oxygen atoms in total. The summed E-state index contributed by atoms with van der Waals surface area (Å²) >= 11 is 1.28. The highest BCUT2D eigenvalue weighted by Crippen LogP contribution is 2.43. The molecule has 3 rings (SSSR count). The lowest BCUT2D eigenvalue weighted by Gasteiger charge is -2.29. The fourth-order valence-corrected chi connectivity index (χ4v) is 5.59. The van der Waals surface area contributed by atoms with E-state index in [1.54, 1.807) is 12.3 Å². The van der Waals surface area contributed by atoms with Crippen LogP contribution in [0.1, 0.15) is 13.3 Å². The Morgan fingerprint density at radius 3 is 2.61 bits per heavy atom. The Hall–Kier alpha value is -2.82. The van der Waals surface area contributed by atoms with E-state index >= 15 is 0 Å². The molecule has 1 heterocycles. The van der Waals surface area contributed by atoms with Crippen LogP contribution in [0.25, 0.3) is 0 Å². The summed E-state index contributed by atoms with van der Waals surface area (Å²) in [7, 11) is -2.41. The Labute approximate surface area is 197 Å². The zero-order valence-corrected chi connectivity index (χ0v) is 20.1. The number of benzene rings is 2. The van der Waals surface area contributed by atoms with Gasteiger partial charge in [0, 0.05) is 31.4 Å². The van der Waals surface area contributed by atoms with Crippen LogP contribution in [0.5, 0.6) is 5.75 Å². The molecule has 0 aromatic heterocycles. The van der Waals surface area contributed by atoms with Crippen LogP contribution in [0.15, 0.2) is 76.5 Å². The second-order valence-corrected chi connectivity index (χ2v) is 10.1. The Balaban J connectivity index is 2.23. The van der Waals surface area contributed by atoms with E-state index in [1.807, 2.05) is 54.3 Å². The average molecular weight is 493 g/mol. The number of likely N-dealkylation sites (N-methyl/N-ethyl adjacent to an activating group) is 1. The van der Waals surface area contributed by atoms with Gasteiger partial charge in [-0.25, -0.2) is 13.2 Å². The van der Waals surface area contributed by atoms with Crippen LogP contribution in [0.2, 0.25) is 0 Å². The number of nitrogens with zero attached hydrogens (tertiary/aromatic N) is 2. The third-order valence-corrected chi connectivity index (χ3v) is 8.00. The maximum absolute atomic E-state index is 13.6. The number of aliphatic carboxylic acids is 1. The van der Waals surface area contributed by atoms with Crippen LogP contribution in [0.3, 0.4) is 0 Å². The van der Waals surface area contributed by atoms with Crippen LogP contribution in [0, 0.1) is 0 Å². The molecule has 0 bridgehead atoms. The lowest BCUT2D eigenvalue weighted by Crippen LogP contribution is -2.40. The number of thioether (sulfide) groups is 1. The number of allylic oxidation sites excluding steroid dienone is 1. The summed E-state index contributed by atoms with van der Waals surface area (Å²) in [6.45, 7) is 2.30. The van der Waals surface area contributed by atoms with E-state index < -0.39 is 21.8 Å². The fourth-order valence-electron chi connectivity index (χ4n) is 3.51. The van der Waals surface area contributed by atoms with E-state index in [0.717, 1.165) is 5.69 Å². The normalized spacial score (nSPS) is 18.7. The molecule has 33 heavy (non-hydrogen) atoms. The Morgan fingerprint density at radius 1 is 1.30 bits per heavy atom. The van der Waals surface area contributed by atoms with E-state index in [4.69, 9.17) is 9.84 Å². The molecular formula is C23H25FN2O5S2. The van der Waals surface area contributed by atoms with Crippen LogP contribution < -0.4 is 9.64 Å². The average Bonchev–Trinajstić information content (AvgIpc) is 2.89. The van der Waals surface area contributed by atoms with E-state index in [1.165, 1.54) is 29.2 Å². The third kappa shape index (κ3) is 5.23. The molecule has 1 atom stereocenters. The summed E-state index contributed by atoms with van der Waals surface area (Å²) < 4.78 is 47.3. The first kappa shape index (κ1) is 24.8.